The first-order valence-electron chi connectivity index (χ1n) is 7.27. The van der Waals surface area contributed by atoms with E-state index in [2.05, 4.69) is 23.8 Å². The number of unbranched alkanes of at least 4 members (excludes halogenated alkanes) is 2. The van der Waals surface area contributed by atoms with Gasteiger partial charge in [-0.15, -0.1) is 0 Å². The maximum Gasteiger partial charge on any atom is 0.145 e. The van der Waals surface area contributed by atoms with Crippen molar-refractivity contribution in [2.24, 2.45) is 0 Å². The van der Waals surface area contributed by atoms with Gasteiger partial charge in [0.1, 0.15) is 5.82 Å². The predicted molar refractivity (Wildman–Crippen MR) is 77.5 cm³/mol. The van der Waals surface area contributed by atoms with Crippen LogP contribution < -0.4 is 5.73 Å². The van der Waals surface area contributed by atoms with Gasteiger partial charge in [-0.2, -0.15) is 5.10 Å². The molecule has 0 spiro atoms. The van der Waals surface area contributed by atoms with Gasteiger partial charge in [0, 0.05) is 12.7 Å². The highest BCUT2D eigenvalue weighted by molar-refractivity contribution is 5.23. The minimum atomic E-state index is 0.615. The quantitative estimate of drug-likeness (QED) is 0.696. The molecule has 0 atom stereocenters. The number of nitrogen functional groups attached to an aromatic ring is 1. The SMILES string of the molecule is CCCCN(CCCC)CCCn1ccc(N)n1. The molecule has 0 bridgehead atoms. The van der Waals surface area contributed by atoms with Crippen molar-refractivity contribution in [2.75, 3.05) is 25.4 Å². The second-order valence-corrected chi connectivity index (χ2v) is 4.91. The second-order valence-electron chi connectivity index (χ2n) is 4.91. The van der Waals surface area contributed by atoms with E-state index in [0.717, 1.165) is 13.0 Å². The zero-order chi connectivity index (χ0) is 13.2. The maximum atomic E-state index is 5.60. The highest BCUT2D eigenvalue weighted by Gasteiger charge is 2.04. The normalized spacial score (nSPS) is 11.3. The maximum absolute atomic E-state index is 5.60. The van der Waals surface area contributed by atoms with Gasteiger partial charge in [0.25, 0.3) is 0 Å². The van der Waals surface area contributed by atoms with E-state index < -0.39 is 0 Å². The Morgan fingerprint density at radius 1 is 1.11 bits per heavy atom. The Balaban J connectivity index is 2.22. The van der Waals surface area contributed by atoms with Gasteiger partial charge in [-0.3, -0.25) is 4.68 Å². The highest BCUT2D eigenvalue weighted by atomic mass is 15.3. The summed E-state index contributed by atoms with van der Waals surface area (Å²) in [7, 11) is 0. The summed E-state index contributed by atoms with van der Waals surface area (Å²) in [4.78, 5) is 2.58. The third kappa shape index (κ3) is 6.05. The van der Waals surface area contributed by atoms with Gasteiger partial charge in [-0.1, -0.05) is 26.7 Å². The summed E-state index contributed by atoms with van der Waals surface area (Å²) in [6, 6.07) is 1.85. The molecule has 4 heteroatoms. The molecule has 1 rings (SSSR count). The van der Waals surface area contributed by atoms with Crippen molar-refractivity contribution in [3.63, 3.8) is 0 Å². The molecule has 1 aromatic heterocycles. The number of nitrogens with two attached hydrogens (primary N) is 1. The van der Waals surface area contributed by atoms with Crippen LogP contribution in [0.1, 0.15) is 46.0 Å². The Morgan fingerprint density at radius 3 is 2.22 bits per heavy atom. The fraction of sp³-hybridized carbons (Fsp3) is 0.786. The van der Waals surface area contributed by atoms with Crippen molar-refractivity contribution in [3.8, 4) is 0 Å². The van der Waals surface area contributed by atoms with E-state index >= 15 is 0 Å². The van der Waals surface area contributed by atoms with E-state index in [0.29, 0.717) is 5.82 Å². The number of aryl methyl sites for hydroxylation is 1. The number of nitrogens with zero attached hydrogens (tertiary/aromatic N) is 3. The van der Waals surface area contributed by atoms with Crippen LogP contribution in [-0.4, -0.2) is 34.3 Å². The molecule has 4 nitrogen and oxygen atoms in total. The van der Waals surface area contributed by atoms with Crippen molar-refractivity contribution >= 4 is 5.82 Å². The standard InChI is InChI=1S/C14H28N4/c1-3-5-9-17(10-6-4-2)11-7-12-18-13-8-14(15)16-18/h8,13H,3-7,9-12H2,1-2H3,(H2,15,16). The van der Waals surface area contributed by atoms with Crippen LogP contribution in [0.5, 0.6) is 0 Å². The Hall–Kier alpha value is -1.03. The van der Waals surface area contributed by atoms with Crippen LogP contribution >= 0.6 is 0 Å². The molecule has 0 unspecified atom stereocenters. The molecule has 0 aliphatic rings. The molecule has 0 aliphatic heterocycles. The molecule has 1 heterocycles. The minimum absolute atomic E-state index is 0.615. The first-order chi connectivity index (χ1) is 8.76. The summed E-state index contributed by atoms with van der Waals surface area (Å²) in [5.41, 5.74) is 5.60. The Bertz CT molecular complexity index is 300. The number of hydrogen-bond donors (Lipinski definition) is 1. The number of rotatable bonds is 10. The first kappa shape index (κ1) is 15.0. The zero-order valence-corrected chi connectivity index (χ0v) is 11.9. The minimum Gasteiger partial charge on any atom is -0.382 e. The second kappa shape index (κ2) is 8.97. The lowest BCUT2D eigenvalue weighted by atomic mass is 10.2. The lowest BCUT2D eigenvalue weighted by Crippen LogP contribution is -2.28. The van der Waals surface area contributed by atoms with Crippen LogP contribution in [0.15, 0.2) is 12.3 Å². The largest absolute Gasteiger partial charge is 0.382 e. The fourth-order valence-electron chi connectivity index (χ4n) is 2.06. The molecule has 0 aromatic carbocycles. The van der Waals surface area contributed by atoms with Gasteiger partial charge in [0.05, 0.1) is 0 Å². The van der Waals surface area contributed by atoms with Crippen molar-refractivity contribution in [1.82, 2.24) is 14.7 Å². The Labute approximate surface area is 111 Å². The van der Waals surface area contributed by atoms with Gasteiger partial charge < -0.3 is 10.6 Å². The van der Waals surface area contributed by atoms with Crippen molar-refractivity contribution in [1.29, 1.82) is 0 Å². The third-order valence-electron chi connectivity index (χ3n) is 3.18. The monoisotopic (exact) mass is 252 g/mol. The topological polar surface area (TPSA) is 47.1 Å². The molecule has 0 aliphatic carbocycles. The molecule has 0 radical (unpaired) electrons. The van der Waals surface area contributed by atoms with Gasteiger partial charge in [-0.05, 0) is 45.0 Å². The van der Waals surface area contributed by atoms with Crippen LogP contribution in [0.2, 0.25) is 0 Å². The highest BCUT2D eigenvalue weighted by Crippen LogP contribution is 2.02. The van der Waals surface area contributed by atoms with Crippen molar-refractivity contribution in [3.05, 3.63) is 12.3 Å². The van der Waals surface area contributed by atoms with Crippen molar-refractivity contribution < 1.29 is 0 Å². The summed E-state index contributed by atoms with van der Waals surface area (Å²) in [6.45, 7) is 9.11. The van der Waals surface area contributed by atoms with E-state index in [1.54, 1.807) is 0 Å². The summed E-state index contributed by atoms with van der Waals surface area (Å²) in [6.07, 6.45) is 8.26. The molecule has 1 aromatic rings. The number of aromatic nitrogens is 2. The van der Waals surface area contributed by atoms with Crippen LogP contribution in [0, 0.1) is 0 Å². The lowest BCUT2D eigenvalue weighted by Gasteiger charge is -2.21. The van der Waals surface area contributed by atoms with E-state index in [1.807, 2.05) is 16.9 Å². The van der Waals surface area contributed by atoms with Crippen LogP contribution in [-0.2, 0) is 6.54 Å². The van der Waals surface area contributed by atoms with E-state index in [9.17, 15) is 0 Å². The average molecular weight is 252 g/mol. The first-order valence-corrected chi connectivity index (χ1v) is 7.27. The molecule has 0 fully saturated rings. The number of anilines is 1. The molecule has 2 N–H and O–H groups in total. The summed E-state index contributed by atoms with van der Waals surface area (Å²) in [5, 5.41) is 4.21. The molecule has 0 amide bonds. The number of hydrogen-bond acceptors (Lipinski definition) is 3. The molecule has 0 saturated heterocycles. The van der Waals surface area contributed by atoms with Crippen LogP contribution in [0.4, 0.5) is 5.82 Å². The van der Waals surface area contributed by atoms with Gasteiger partial charge in [-0.25, -0.2) is 0 Å². The third-order valence-corrected chi connectivity index (χ3v) is 3.18. The Morgan fingerprint density at radius 2 is 1.72 bits per heavy atom. The van der Waals surface area contributed by atoms with Crippen LogP contribution in [0.25, 0.3) is 0 Å². The van der Waals surface area contributed by atoms with Crippen molar-refractivity contribution in [2.45, 2.75) is 52.5 Å². The molecule has 0 saturated carbocycles. The summed E-state index contributed by atoms with van der Waals surface area (Å²) < 4.78 is 1.94. The van der Waals surface area contributed by atoms with E-state index in [1.165, 1.54) is 45.3 Å². The predicted octanol–water partition coefficient (Wildman–Crippen LogP) is 2.76. The lowest BCUT2D eigenvalue weighted by molar-refractivity contribution is 0.256. The molecule has 18 heavy (non-hydrogen) atoms. The Kier molecular flexibility index (Phi) is 7.49. The van der Waals surface area contributed by atoms with Gasteiger partial charge >= 0.3 is 0 Å². The van der Waals surface area contributed by atoms with Gasteiger partial charge in [0.2, 0.25) is 0 Å². The van der Waals surface area contributed by atoms with Gasteiger partial charge in [0.15, 0.2) is 0 Å². The zero-order valence-electron chi connectivity index (χ0n) is 11.9. The molecular weight excluding hydrogens is 224 g/mol. The molecular formula is C14H28N4. The van der Waals surface area contributed by atoms with Crippen LogP contribution in [0.3, 0.4) is 0 Å². The average Bonchev–Trinajstić information content (AvgIpc) is 2.78. The smallest absolute Gasteiger partial charge is 0.145 e. The summed E-state index contributed by atoms with van der Waals surface area (Å²) in [5.74, 6) is 0.615. The molecule has 104 valence electrons. The fourth-order valence-corrected chi connectivity index (χ4v) is 2.06. The van der Waals surface area contributed by atoms with E-state index in [4.69, 9.17) is 5.73 Å². The van der Waals surface area contributed by atoms with E-state index in [-0.39, 0.29) is 0 Å². The summed E-state index contributed by atoms with van der Waals surface area (Å²) >= 11 is 0.